The molecule has 0 unspecified atom stereocenters. The highest BCUT2D eigenvalue weighted by molar-refractivity contribution is 7.15. The van der Waals surface area contributed by atoms with Gasteiger partial charge in [0.25, 0.3) is 0 Å². The van der Waals surface area contributed by atoms with Gasteiger partial charge in [-0.3, -0.25) is 14.8 Å². The Kier molecular flexibility index (Phi) is 2.91. The molecule has 0 aliphatic carbocycles. The smallest absolute Gasteiger partial charge is 0.308 e. The van der Waals surface area contributed by atoms with E-state index in [0.29, 0.717) is 10.7 Å². The summed E-state index contributed by atoms with van der Waals surface area (Å²) in [6, 6.07) is 0. The first-order valence-corrected chi connectivity index (χ1v) is 5.43. The largest absolute Gasteiger partial charge is 0.481 e. The molecule has 0 atom stereocenters. The second-order valence-corrected chi connectivity index (χ2v) is 4.27. The standard InChI is InChI=1S/C10H9N3O2S/c1-6-8(4-9(14)15)16-10(13-6)7-5-11-2-3-12-7/h2-3,5H,4H2,1H3,(H,14,15). The number of nitrogens with zero attached hydrogens (tertiary/aromatic N) is 3. The van der Waals surface area contributed by atoms with E-state index in [-0.39, 0.29) is 6.42 Å². The molecule has 0 bridgehead atoms. The predicted molar refractivity (Wildman–Crippen MR) is 59.2 cm³/mol. The molecule has 0 aliphatic heterocycles. The fraction of sp³-hybridized carbons (Fsp3) is 0.200. The number of rotatable bonds is 3. The van der Waals surface area contributed by atoms with Gasteiger partial charge >= 0.3 is 5.97 Å². The second kappa shape index (κ2) is 4.36. The molecule has 0 fully saturated rings. The molecule has 5 nitrogen and oxygen atoms in total. The van der Waals surface area contributed by atoms with Crippen molar-refractivity contribution in [3.05, 3.63) is 29.2 Å². The van der Waals surface area contributed by atoms with Gasteiger partial charge in [-0.05, 0) is 6.92 Å². The first kappa shape index (κ1) is 10.7. The van der Waals surface area contributed by atoms with Crippen LogP contribution in [0.5, 0.6) is 0 Å². The van der Waals surface area contributed by atoms with Crippen molar-refractivity contribution in [2.45, 2.75) is 13.3 Å². The van der Waals surface area contributed by atoms with Crippen LogP contribution >= 0.6 is 11.3 Å². The Bertz CT molecular complexity index is 510. The molecule has 0 spiro atoms. The molecule has 16 heavy (non-hydrogen) atoms. The zero-order valence-electron chi connectivity index (χ0n) is 8.54. The van der Waals surface area contributed by atoms with Crippen LogP contribution in [0.2, 0.25) is 0 Å². The van der Waals surface area contributed by atoms with Crippen LogP contribution in [0.3, 0.4) is 0 Å². The van der Waals surface area contributed by atoms with Crippen molar-refractivity contribution in [3.8, 4) is 10.7 Å². The van der Waals surface area contributed by atoms with Gasteiger partial charge in [0, 0.05) is 17.3 Å². The highest BCUT2D eigenvalue weighted by Gasteiger charge is 2.12. The lowest BCUT2D eigenvalue weighted by molar-refractivity contribution is -0.136. The maximum absolute atomic E-state index is 10.6. The summed E-state index contributed by atoms with van der Waals surface area (Å²) in [4.78, 5) is 23.7. The van der Waals surface area contributed by atoms with E-state index < -0.39 is 5.97 Å². The number of carboxylic acids is 1. The lowest BCUT2D eigenvalue weighted by atomic mass is 10.3. The van der Waals surface area contributed by atoms with Gasteiger partial charge in [-0.15, -0.1) is 11.3 Å². The minimum absolute atomic E-state index is 0.00373. The Balaban J connectivity index is 2.34. The number of aryl methyl sites for hydroxylation is 1. The molecule has 0 radical (unpaired) electrons. The number of hydrogen-bond acceptors (Lipinski definition) is 5. The Morgan fingerprint density at radius 2 is 2.31 bits per heavy atom. The van der Waals surface area contributed by atoms with Crippen LogP contribution in [0, 0.1) is 6.92 Å². The van der Waals surface area contributed by atoms with Gasteiger partial charge in [0.15, 0.2) is 0 Å². The summed E-state index contributed by atoms with van der Waals surface area (Å²) >= 11 is 1.35. The van der Waals surface area contributed by atoms with Gasteiger partial charge in [0.1, 0.15) is 10.7 Å². The molecule has 6 heteroatoms. The van der Waals surface area contributed by atoms with E-state index in [9.17, 15) is 4.79 Å². The number of carboxylic acid groups (broad SMARTS) is 1. The van der Waals surface area contributed by atoms with Crippen molar-refractivity contribution in [2.75, 3.05) is 0 Å². The number of carbonyl (C=O) groups is 1. The van der Waals surface area contributed by atoms with Crippen molar-refractivity contribution in [3.63, 3.8) is 0 Å². The fourth-order valence-corrected chi connectivity index (χ4v) is 2.26. The van der Waals surface area contributed by atoms with E-state index >= 15 is 0 Å². The third-order valence-corrected chi connectivity index (χ3v) is 3.17. The van der Waals surface area contributed by atoms with Crippen molar-refractivity contribution in [1.29, 1.82) is 0 Å². The normalized spacial score (nSPS) is 10.3. The maximum atomic E-state index is 10.6. The zero-order chi connectivity index (χ0) is 11.5. The van der Waals surface area contributed by atoms with Crippen LogP contribution in [0.25, 0.3) is 10.7 Å². The van der Waals surface area contributed by atoms with Crippen molar-refractivity contribution in [1.82, 2.24) is 15.0 Å². The van der Waals surface area contributed by atoms with Crippen LogP contribution in [-0.2, 0) is 11.2 Å². The van der Waals surface area contributed by atoms with Crippen LogP contribution in [0.15, 0.2) is 18.6 Å². The van der Waals surface area contributed by atoms with Gasteiger partial charge in [0.2, 0.25) is 0 Å². The summed E-state index contributed by atoms with van der Waals surface area (Å²) in [6.45, 7) is 1.80. The van der Waals surface area contributed by atoms with Crippen molar-refractivity contribution in [2.24, 2.45) is 0 Å². The van der Waals surface area contributed by atoms with Crippen molar-refractivity contribution < 1.29 is 9.90 Å². The number of thiazole rings is 1. The molecule has 2 aromatic rings. The topological polar surface area (TPSA) is 76.0 Å². The predicted octanol–water partition coefficient (Wildman–Crippen LogP) is 1.54. The molecule has 2 rings (SSSR count). The zero-order valence-corrected chi connectivity index (χ0v) is 9.36. The van der Waals surface area contributed by atoms with E-state index in [1.807, 2.05) is 0 Å². The average molecular weight is 235 g/mol. The molecule has 0 aromatic carbocycles. The molecular weight excluding hydrogens is 226 g/mol. The molecule has 0 aliphatic rings. The maximum Gasteiger partial charge on any atom is 0.308 e. The Morgan fingerprint density at radius 3 is 2.94 bits per heavy atom. The molecule has 0 saturated carbocycles. The highest BCUT2D eigenvalue weighted by Crippen LogP contribution is 2.26. The SMILES string of the molecule is Cc1nc(-c2cnccn2)sc1CC(=O)O. The lowest BCUT2D eigenvalue weighted by Crippen LogP contribution is -1.99. The highest BCUT2D eigenvalue weighted by atomic mass is 32.1. The Labute approximate surface area is 95.8 Å². The molecule has 1 N–H and O–H groups in total. The van der Waals surface area contributed by atoms with E-state index in [1.54, 1.807) is 25.5 Å². The summed E-state index contributed by atoms with van der Waals surface area (Å²) in [5.41, 5.74) is 1.42. The lowest BCUT2D eigenvalue weighted by Gasteiger charge is -1.91. The second-order valence-electron chi connectivity index (χ2n) is 3.19. The van der Waals surface area contributed by atoms with Crippen LogP contribution in [-0.4, -0.2) is 26.0 Å². The Hall–Kier alpha value is -1.82. The van der Waals surface area contributed by atoms with Gasteiger partial charge in [-0.2, -0.15) is 0 Å². The monoisotopic (exact) mass is 235 g/mol. The summed E-state index contributed by atoms with van der Waals surface area (Å²) < 4.78 is 0. The number of hydrogen-bond donors (Lipinski definition) is 1. The molecule has 0 saturated heterocycles. The Morgan fingerprint density at radius 1 is 1.50 bits per heavy atom. The summed E-state index contributed by atoms with van der Waals surface area (Å²) in [7, 11) is 0. The van der Waals surface area contributed by atoms with Crippen molar-refractivity contribution >= 4 is 17.3 Å². The molecule has 2 aromatic heterocycles. The van der Waals surface area contributed by atoms with Gasteiger partial charge in [-0.1, -0.05) is 0 Å². The number of aromatic nitrogens is 3. The van der Waals surface area contributed by atoms with Gasteiger partial charge in [0.05, 0.1) is 18.3 Å². The van der Waals surface area contributed by atoms with E-state index in [2.05, 4.69) is 15.0 Å². The molecule has 2 heterocycles. The van der Waals surface area contributed by atoms with Gasteiger partial charge < -0.3 is 5.11 Å². The minimum Gasteiger partial charge on any atom is -0.481 e. The quantitative estimate of drug-likeness (QED) is 0.873. The van der Waals surface area contributed by atoms with E-state index in [4.69, 9.17) is 5.11 Å². The third kappa shape index (κ3) is 2.22. The summed E-state index contributed by atoms with van der Waals surface area (Å²) in [5, 5.41) is 9.43. The summed E-state index contributed by atoms with van der Waals surface area (Å²) in [6.07, 6.45) is 4.79. The number of aliphatic carboxylic acids is 1. The van der Waals surface area contributed by atoms with E-state index in [1.165, 1.54) is 11.3 Å². The van der Waals surface area contributed by atoms with E-state index in [0.717, 1.165) is 10.6 Å². The third-order valence-electron chi connectivity index (χ3n) is 1.99. The van der Waals surface area contributed by atoms with Crippen LogP contribution in [0.1, 0.15) is 10.6 Å². The van der Waals surface area contributed by atoms with Gasteiger partial charge in [-0.25, -0.2) is 4.98 Å². The van der Waals surface area contributed by atoms with Crippen LogP contribution in [0.4, 0.5) is 0 Å². The van der Waals surface area contributed by atoms with Crippen LogP contribution < -0.4 is 0 Å². The molecule has 0 amide bonds. The molecule has 82 valence electrons. The average Bonchev–Trinajstić information content (AvgIpc) is 2.61. The fourth-order valence-electron chi connectivity index (χ4n) is 1.25. The minimum atomic E-state index is -0.850. The molecular formula is C10H9N3O2S. The first-order valence-electron chi connectivity index (χ1n) is 4.61. The first-order chi connectivity index (χ1) is 7.66. The summed E-state index contributed by atoms with van der Waals surface area (Å²) in [5.74, 6) is -0.850.